The summed E-state index contributed by atoms with van der Waals surface area (Å²) in [6.45, 7) is 9.67. The number of hydrogen-bond donors (Lipinski definition) is 2. The Morgan fingerprint density at radius 3 is 2.73 bits per heavy atom. The Labute approximate surface area is 174 Å². The highest BCUT2D eigenvalue weighted by Crippen LogP contribution is 2.30. The van der Waals surface area contributed by atoms with E-state index in [2.05, 4.69) is 38.9 Å². The number of nitrogens with zero attached hydrogens (tertiary/aromatic N) is 3. The lowest BCUT2D eigenvalue weighted by molar-refractivity contribution is 0.0219. The van der Waals surface area contributed by atoms with Gasteiger partial charge in [0.25, 0.3) is 0 Å². The van der Waals surface area contributed by atoms with Crippen LogP contribution in [-0.2, 0) is 4.74 Å². The second-order valence-electron chi connectivity index (χ2n) is 8.68. The second-order valence-corrected chi connectivity index (χ2v) is 8.68. The quantitative estimate of drug-likeness (QED) is 0.677. The first kappa shape index (κ1) is 20.0. The number of benzene rings is 1. The zero-order valence-electron chi connectivity index (χ0n) is 17.7. The summed E-state index contributed by atoms with van der Waals surface area (Å²) < 4.78 is 5.52. The van der Waals surface area contributed by atoms with Crippen molar-refractivity contribution in [3.8, 4) is 11.1 Å². The summed E-state index contributed by atoms with van der Waals surface area (Å²) in [5.74, 6) is 0. The van der Waals surface area contributed by atoms with Crippen molar-refractivity contribution in [3.63, 3.8) is 0 Å². The summed E-state index contributed by atoms with van der Waals surface area (Å²) in [6, 6.07) is 10.3. The highest BCUT2D eigenvalue weighted by molar-refractivity contribution is 5.90. The van der Waals surface area contributed by atoms with Gasteiger partial charge in [-0.15, -0.1) is 0 Å². The molecule has 0 unspecified atom stereocenters. The van der Waals surface area contributed by atoms with Gasteiger partial charge in [0, 0.05) is 43.1 Å². The summed E-state index contributed by atoms with van der Waals surface area (Å²) in [7, 11) is 0. The molecule has 1 aliphatic rings. The van der Waals surface area contributed by atoms with E-state index in [-0.39, 0.29) is 17.8 Å². The van der Waals surface area contributed by atoms with Crippen molar-refractivity contribution in [1.29, 1.82) is 0 Å². The summed E-state index contributed by atoms with van der Waals surface area (Å²) in [5, 5.41) is 0. The fourth-order valence-corrected chi connectivity index (χ4v) is 3.86. The van der Waals surface area contributed by atoms with E-state index in [1.807, 2.05) is 39.0 Å². The molecule has 1 fully saturated rings. The molecule has 1 aromatic carbocycles. The predicted octanol–water partition coefficient (Wildman–Crippen LogP) is 3.36. The van der Waals surface area contributed by atoms with Crippen LogP contribution >= 0.6 is 0 Å². The van der Waals surface area contributed by atoms with Gasteiger partial charge in [0.1, 0.15) is 5.60 Å². The van der Waals surface area contributed by atoms with E-state index in [1.165, 1.54) is 0 Å². The Kier molecular flexibility index (Phi) is 5.01. The molecule has 1 amide bonds. The van der Waals surface area contributed by atoms with Gasteiger partial charge >= 0.3 is 11.8 Å². The number of amides is 1. The number of ether oxygens (including phenoxy) is 1. The molecule has 30 heavy (non-hydrogen) atoms. The molecular formula is C22H27N5O3. The lowest BCUT2D eigenvalue weighted by Gasteiger charge is -2.41. The van der Waals surface area contributed by atoms with Gasteiger partial charge < -0.3 is 19.5 Å². The molecule has 2 N–H and O–H groups in total. The number of rotatable bonds is 2. The van der Waals surface area contributed by atoms with Gasteiger partial charge in [0.15, 0.2) is 5.65 Å². The summed E-state index contributed by atoms with van der Waals surface area (Å²) in [5.41, 5.74) is 3.46. The van der Waals surface area contributed by atoms with Crippen LogP contribution in [0.5, 0.6) is 0 Å². The van der Waals surface area contributed by atoms with E-state index < -0.39 is 5.60 Å². The number of carbonyl (C=O) groups is 1. The topological polar surface area (TPSA) is 94.3 Å². The van der Waals surface area contributed by atoms with Crippen molar-refractivity contribution in [1.82, 2.24) is 19.9 Å². The molecule has 3 aromatic rings. The molecule has 8 nitrogen and oxygen atoms in total. The maximum absolute atomic E-state index is 12.4. The maximum Gasteiger partial charge on any atom is 0.410 e. The number of aromatic amines is 2. The van der Waals surface area contributed by atoms with Crippen LogP contribution in [0.4, 0.5) is 10.5 Å². The van der Waals surface area contributed by atoms with Gasteiger partial charge in [0.2, 0.25) is 0 Å². The van der Waals surface area contributed by atoms with E-state index in [0.29, 0.717) is 24.3 Å². The summed E-state index contributed by atoms with van der Waals surface area (Å²) in [4.78, 5) is 37.9. The number of piperazine rings is 1. The molecule has 1 saturated heterocycles. The van der Waals surface area contributed by atoms with Crippen LogP contribution in [-0.4, -0.2) is 57.2 Å². The van der Waals surface area contributed by atoms with Crippen molar-refractivity contribution in [3.05, 3.63) is 47.0 Å². The van der Waals surface area contributed by atoms with Crippen LogP contribution in [0.1, 0.15) is 27.7 Å². The van der Waals surface area contributed by atoms with Gasteiger partial charge in [-0.3, -0.25) is 4.98 Å². The maximum atomic E-state index is 12.4. The van der Waals surface area contributed by atoms with Crippen LogP contribution < -0.4 is 10.6 Å². The number of fused-ring (bicyclic) bond motifs is 1. The molecular weight excluding hydrogens is 382 g/mol. The third-order valence-electron chi connectivity index (χ3n) is 5.19. The molecule has 4 rings (SSSR count). The van der Waals surface area contributed by atoms with Gasteiger partial charge in [0.05, 0.1) is 5.52 Å². The van der Waals surface area contributed by atoms with Crippen LogP contribution in [0.15, 0.2) is 41.3 Å². The van der Waals surface area contributed by atoms with Crippen molar-refractivity contribution < 1.29 is 9.53 Å². The number of nitrogens with one attached hydrogen (secondary N) is 2. The molecule has 8 heteroatoms. The molecule has 0 saturated carbocycles. The first-order valence-corrected chi connectivity index (χ1v) is 10.1. The Morgan fingerprint density at radius 1 is 1.20 bits per heavy atom. The first-order valence-electron chi connectivity index (χ1n) is 10.1. The summed E-state index contributed by atoms with van der Waals surface area (Å²) in [6.07, 6.45) is 1.43. The average molecular weight is 409 g/mol. The van der Waals surface area contributed by atoms with Crippen molar-refractivity contribution in [2.45, 2.75) is 39.3 Å². The highest BCUT2D eigenvalue weighted by Gasteiger charge is 2.30. The number of anilines is 1. The van der Waals surface area contributed by atoms with Crippen LogP contribution in [0.25, 0.3) is 22.3 Å². The summed E-state index contributed by atoms with van der Waals surface area (Å²) >= 11 is 0. The fraction of sp³-hybridized carbons (Fsp3) is 0.409. The van der Waals surface area contributed by atoms with Crippen molar-refractivity contribution in [2.75, 3.05) is 24.5 Å². The van der Waals surface area contributed by atoms with E-state index in [9.17, 15) is 9.59 Å². The van der Waals surface area contributed by atoms with Crippen molar-refractivity contribution in [2.24, 2.45) is 0 Å². The molecule has 0 bridgehead atoms. The van der Waals surface area contributed by atoms with Crippen molar-refractivity contribution >= 4 is 22.9 Å². The number of imidazole rings is 1. The zero-order valence-corrected chi connectivity index (χ0v) is 17.7. The van der Waals surface area contributed by atoms with E-state index in [0.717, 1.165) is 23.4 Å². The number of pyridine rings is 1. The standard InChI is InChI=1S/C22H27N5O3/c1-14-13-26(21(29)30-22(2,3)4)10-11-27(14)16-7-5-6-15(12-16)17-8-9-23-19-18(17)24-20(28)25-19/h5-9,12,14H,10-11,13H2,1-4H3,(H2,23,24,25,28)/t14-/m0/s1. The second kappa shape index (κ2) is 7.51. The van der Waals surface area contributed by atoms with Gasteiger partial charge in [-0.2, -0.15) is 0 Å². The Balaban J connectivity index is 1.56. The Hall–Kier alpha value is -3.29. The Bertz CT molecular complexity index is 1130. The van der Waals surface area contributed by atoms with Crippen LogP contribution in [0.3, 0.4) is 0 Å². The molecule has 0 spiro atoms. The Morgan fingerprint density at radius 2 is 2.00 bits per heavy atom. The van der Waals surface area contributed by atoms with Gasteiger partial charge in [-0.25, -0.2) is 14.6 Å². The highest BCUT2D eigenvalue weighted by atomic mass is 16.6. The van der Waals surface area contributed by atoms with E-state index in [1.54, 1.807) is 11.1 Å². The number of H-pyrrole nitrogens is 2. The van der Waals surface area contributed by atoms with Crippen LogP contribution in [0, 0.1) is 0 Å². The van der Waals surface area contributed by atoms with Crippen LogP contribution in [0.2, 0.25) is 0 Å². The monoisotopic (exact) mass is 409 g/mol. The molecule has 2 aromatic heterocycles. The minimum Gasteiger partial charge on any atom is -0.444 e. The lowest BCUT2D eigenvalue weighted by Crippen LogP contribution is -2.54. The molecule has 0 aliphatic carbocycles. The lowest BCUT2D eigenvalue weighted by atomic mass is 10.0. The number of aromatic nitrogens is 3. The van der Waals surface area contributed by atoms with Gasteiger partial charge in [-0.05, 0) is 51.5 Å². The molecule has 1 aliphatic heterocycles. The fourth-order valence-electron chi connectivity index (χ4n) is 3.86. The third kappa shape index (κ3) is 4.03. The van der Waals surface area contributed by atoms with E-state index in [4.69, 9.17) is 4.74 Å². The van der Waals surface area contributed by atoms with Gasteiger partial charge in [-0.1, -0.05) is 12.1 Å². The minimum absolute atomic E-state index is 0.144. The number of hydrogen-bond acceptors (Lipinski definition) is 5. The minimum atomic E-state index is -0.499. The molecule has 1 atom stereocenters. The zero-order chi connectivity index (χ0) is 21.5. The SMILES string of the molecule is C[C@H]1CN(C(=O)OC(C)(C)C)CCN1c1cccc(-c2ccnc3[nH]c(=O)[nH]c23)c1. The third-order valence-corrected chi connectivity index (χ3v) is 5.19. The molecule has 0 radical (unpaired) electrons. The normalized spacial score (nSPS) is 17.4. The first-order chi connectivity index (χ1) is 14.2. The van der Waals surface area contributed by atoms with E-state index >= 15 is 0 Å². The molecule has 3 heterocycles. The largest absolute Gasteiger partial charge is 0.444 e. The number of carbonyl (C=O) groups excluding carboxylic acids is 1. The average Bonchev–Trinajstić information content (AvgIpc) is 3.06. The predicted molar refractivity (Wildman–Crippen MR) is 117 cm³/mol. The molecule has 158 valence electrons. The smallest absolute Gasteiger partial charge is 0.410 e.